The third-order valence-corrected chi connectivity index (χ3v) is 2.32. The van der Waals surface area contributed by atoms with Crippen molar-refractivity contribution >= 4 is 5.82 Å². The maximum atomic E-state index is 5.71. The van der Waals surface area contributed by atoms with E-state index in [1.807, 2.05) is 6.07 Å². The molecule has 0 atom stereocenters. The molecule has 1 aliphatic rings. The minimum absolute atomic E-state index is 0.278. The SMILES string of the molecule is CCCOc1cc(N2CC(N)C2)ncn1. The molecule has 0 radical (unpaired) electrons. The average Bonchev–Trinajstić information content (AvgIpc) is 2.22. The molecule has 0 aromatic carbocycles. The largest absolute Gasteiger partial charge is 0.478 e. The molecule has 1 aromatic rings. The molecule has 15 heavy (non-hydrogen) atoms. The van der Waals surface area contributed by atoms with Crippen LogP contribution in [0.5, 0.6) is 5.88 Å². The van der Waals surface area contributed by atoms with Crippen molar-refractivity contribution in [2.24, 2.45) is 5.73 Å². The zero-order valence-corrected chi connectivity index (χ0v) is 8.89. The van der Waals surface area contributed by atoms with Crippen molar-refractivity contribution in [3.05, 3.63) is 12.4 Å². The molecule has 0 bridgehead atoms. The topological polar surface area (TPSA) is 64.3 Å². The van der Waals surface area contributed by atoms with Gasteiger partial charge in [-0.1, -0.05) is 6.92 Å². The predicted molar refractivity (Wildman–Crippen MR) is 58.0 cm³/mol. The van der Waals surface area contributed by atoms with Gasteiger partial charge < -0.3 is 15.4 Å². The molecule has 5 nitrogen and oxygen atoms in total. The minimum Gasteiger partial charge on any atom is -0.478 e. The van der Waals surface area contributed by atoms with E-state index in [-0.39, 0.29) is 6.04 Å². The van der Waals surface area contributed by atoms with Crippen molar-refractivity contribution in [1.82, 2.24) is 9.97 Å². The normalized spacial score (nSPS) is 16.3. The first-order valence-electron chi connectivity index (χ1n) is 5.25. The van der Waals surface area contributed by atoms with Gasteiger partial charge in [0, 0.05) is 25.2 Å². The highest BCUT2D eigenvalue weighted by Crippen LogP contribution is 2.20. The number of nitrogens with zero attached hydrogens (tertiary/aromatic N) is 3. The second kappa shape index (κ2) is 4.44. The number of hydrogen-bond donors (Lipinski definition) is 1. The Morgan fingerprint density at radius 1 is 1.53 bits per heavy atom. The van der Waals surface area contributed by atoms with Crippen molar-refractivity contribution in [2.45, 2.75) is 19.4 Å². The molecule has 0 spiro atoms. The number of nitrogens with two attached hydrogens (primary N) is 1. The molecule has 1 fully saturated rings. The van der Waals surface area contributed by atoms with Crippen molar-refractivity contribution in [3.63, 3.8) is 0 Å². The Kier molecular flexibility index (Phi) is 3.01. The smallest absolute Gasteiger partial charge is 0.218 e. The van der Waals surface area contributed by atoms with Crippen LogP contribution in [0.15, 0.2) is 12.4 Å². The van der Waals surface area contributed by atoms with E-state index in [9.17, 15) is 0 Å². The highest BCUT2D eigenvalue weighted by atomic mass is 16.5. The van der Waals surface area contributed by atoms with E-state index in [2.05, 4.69) is 21.8 Å². The molecular weight excluding hydrogens is 192 g/mol. The first-order valence-corrected chi connectivity index (χ1v) is 5.25. The highest BCUT2D eigenvalue weighted by molar-refractivity contribution is 5.44. The van der Waals surface area contributed by atoms with E-state index < -0.39 is 0 Å². The molecule has 0 aliphatic carbocycles. The van der Waals surface area contributed by atoms with E-state index in [0.717, 1.165) is 25.3 Å². The molecule has 0 saturated carbocycles. The summed E-state index contributed by atoms with van der Waals surface area (Å²) >= 11 is 0. The zero-order chi connectivity index (χ0) is 10.7. The molecule has 2 N–H and O–H groups in total. The van der Waals surface area contributed by atoms with Gasteiger partial charge in [-0.05, 0) is 6.42 Å². The van der Waals surface area contributed by atoms with Crippen molar-refractivity contribution < 1.29 is 4.74 Å². The standard InChI is InChI=1S/C10H16N4O/c1-2-3-15-10-4-9(12-7-13-10)14-5-8(11)6-14/h4,7-8H,2-3,5-6,11H2,1H3. The van der Waals surface area contributed by atoms with Gasteiger partial charge in [0.15, 0.2) is 0 Å². The summed E-state index contributed by atoms with van der Waals surface area (Å²) in [6.07, 6.45) is 2.51. The van der Waals surface area contributed by atoms with Crippen LogP contribution < -0.4 is 15.4 Å². The quantitative estimate of drug-likeness (QED) is 0.776. The maximum Gasteiger partial charge on any atom is 0.218 e. The Morgan fingerprint density at radius 2 is 2.33 bits per heavy atom. The summed E-state index contributed by atoms with van der Waals surface area (Å²) in [4.78, 5) is 10.3. The molecule has 5 heteroatoms. The maximum absolute atomic E-state index is 5.71. The van der Waals surface area contributed by atoms with Crippen LogP contribution in [0.25, 0.3) is 0 Å². The van der Waals surface area contributed by atoms with E-state index in [1.165, 1.54) is 6.33 Å². The lowest BCUT2D eigenvalue weighted by atomic mass is 10.1. The van der Waals surface area contributed by atoms with Crippen molar-refractivity contribution in [3.8, 4) is 5.88 Å². The Labute approximate surface area is 89.3 Å². The molecule has 1 aliphatic heterocycles. The van der Waals surface area contributed by atoms with Gasteiger partial charge in [0.25, 0.3) is 0 Å². The van der Waals surface area contributed by atoms with Gasteiger partial charge in [0.05, 0.1) is 6.61 Å². The van der Waals surface area contributed by atoms with Gasteiger partial charge in [-0.15, -0.1) is 0 Å². The van der Waals surface area contributed by atoms with Crippen molar-refractivity contribution in [2.75, 3.05) is 24.6 Å². The molecule has 0 unspecified atom stereocenters. The molecule has 2 heterocycles. The molecule has 2 rings (SSSR count). The molecule has 1 aromatic heterocycles. The third kappa shape index (κ3) is 2.36. The van der Waals surface area contributed by atoms with Crippen molar-refractivity contribution in [1.29, 1.82) is 0 Å². The molecule has 82 valence electrons. The predicted octanol–water partition coefficient (Wildman–Crippen LogP) is 0.413. The van der Waals surface area contributed by atoms with Gasteiger partial charge in [-0.2, -0.15) is 0 Å². The summed E-state index contributed by atoms with van der Waals surface area (Å²) in [5.41, 5.74) is 5.71. The lowest BCUT2D eigenvalue weighted by molar-refractivity contribution is 0.304. The van der Waals surface area contributed by atoms with Gasteiger partial charge in [-0.3, -0.25) is 0 Å². The number of aromatic nitrogens is 2. The number of ether oxygens (including phenoxy) is 1. The van der Waals surface area contributed by atoms with Crippen LogP contribution in [0.1, 0.15) is 13.3 Å². The van der Waals surface area contributed by atoms with Gasteiger partial charge >= 0.3 is 0 Å². The van der Waals surface area contributed by atoms with E-state index in [4.69, 9.17) is 10.5 Å². The fourth-order valence-corrected chi connectivity index (χ4v) is 1.49. The van der Waals surface area contributed by atoms with Crippen LogP contribution in [0.2, 0.25) is 0 Å². The number of rotatable bonds is 4. The Morgan fingerprint density at radius 3 is 3.00 bits per heavy atom. The van der Waals surface area contributed by atoms with E-state index >= 15 is 0 Å². The highest BCUT2D eigenvalue weighted by Gasteiger charge is 2.24. The van der Waals surface area contributed by atoms with Gasteiger partial charge in [0.1, 0.15) is 12.1 Å². The fourth-order valence-electron chi connectivity index (χ4n) is 1.49. The molecule has 0 amide bonds. The van der Waals surface area contributed by atoms with Crippen LogP contribution in [-0.2, 0) is 0 Å². The van der Waals surface area contributed by atoms with Crippen LogP contribution in [0, 0.1) is 0 Å². The second-order valence-corrected chi connectivity index (χ2v) is 3.73. The van der Waals surface area contributed by atoms with Crippen LogP contribution >= 0.6 is 0 Å². The summed E-state index contributed by atoms with van der Waals surface area (Å²) in [5.74, 6) is 1.54. The van der Waals surface area contributed by atoms with Crippen LogP contribution in [0.3, 0.4) is 0 Å². The van der Waals surface area contributed by atoms with Crippen LogP contribution in [0.4, 0.5) is 5.82 Å². The second-order valence-electron chi connectivity index (χ2n) is 3.73. The average molecular weight is 208 g/mol. The Balaban J connectivity index is 1.99. The fraction of sp³-hybridized carbons (Fsp3) is 0.600. The molecule has 1 saturated heterocycles. The number of anilines is 1. The summed E-state index contributed by atoms with van der Waals surface area (Å²) in [6.45, 7) is 4.49. The lowest BCUT2D eigenvalue weighted by Gasteiger charge is -2.37. The first-order chi connectivity index (χ1) is 7.29. The first kappa shape index (κ1) is 10.2. The minimum atomic E-state index is 0.278. The van der Waals surface area contributed by atoms with Crippen LogP contribution in [-0.4, -0.2) is 35.7 Å². The Hall–Kier alpha value is -1.36. The lowest BCUT2D eigenvalue weighted by Crippen LogP contribution is -2.56. The molecular formula is C10H16N4O. The summed E-state index contributed by atoms with van der Waals surface area (Å²) < 4.78 is 5.43. The summed E-state index contributed by atoms with van der Waals surface area (Å²) in [7, 11) is 0. The van der Waals surface area contributed by atoms with E-state index in [1.54, 1.807) is 0 Å². The van der Waals surface area contributed by atoms with Gasteiger partial charge in [0.2, 0.25) is 5.88 Å². The number of hydrogen-bond acceptors (Lipinski definition) is 5. The monoisotopic (exact) mass is 208 g/mol. The summed E-state index contributed by atoms with van der Waals surface area (Å²) in [5, 5.41) is 0. The third-order valence-electron chi connectivity index (χ3n) is 2.32. The zero-order valence-electron chi connectivity index (χ0n) is 8.89. The van der Waals surface area contributed by atoms with E-state index in [0.29, 0.717) is 12.5 Å². The van der Waals surface area contributed by atoms with Gasteiger partial charge in [-0.25, -0.2) is 9.97 Å². The summed E-state index contributed by atoms with van der Waals surface area (Å²) in [6, 6.07) is 2.14. The Bertz CT molecular complexity index is 325.